The molecule has 4 nitrogen and oxygen atoms in total. The fraction of sp³-hybridized carbons (Fsp3) is 0.0588. The lowest BCUT2D eigenvalue weighted by Gasteiger charge is -2.02. The summed E-state index contributed by atoms with van der Waals surface area (Å²) in [5.74, 6) is -0.560. The van der Waals surface area contributed by atoms with E-state index >= 15 is 0 Å². The van der Waals surface area contributed by atoms with E-state index < -0.39 is 11.8 Å². The number of benzene rings is 2. The minimum atomic E-state index is -0.462. The number of nitrogens with one attached hydrogen (secondary N) is 1. The first-order chi connectivity index (χ1) is 11.5. The maximum Gasteiger partial charge on any atom is 0.337 e. The van der Waals surface area contributed by atoms with Gasteiger partial charge in [0.2, 0.25) is 0 Å². The second kappa shape index (κ2) is 6.75. The molecule has 0 unspecified atom stereocenters. The van der Waals surface area contributed by atoms with Crippen LogP contribution in [0.2, 0.25) is 5.02 Å². The van der Waals surface area contributed by atoms with E-state index in [0.29, 0.717) is 21.7 Å². The summed E-state index contributed by atoms with van der Waals surface area (Å²) >= 11 is 9.46. The van der Waals surface area contributed by atoms with Crippen LogP contribution in [0.25, 0.3) is 22.6 Å². The smallest absolute Gasteiger partial charge is 0.337 e. The number of imidazole rings is 1. The van der Waals surface area contributed by atoms with Gasteiger partial charge >= 0.3 is 5.97 Å². The molecule has 3 aromatic rings. The third-order valence-electron chi connectivity index (χ3n) is 3.44. The van der Waals surface area contributed by atoms with Gasteiger partial charge in [0.15, 0.2) is 0 Å². The molecule has 3 rings (SSSR count). The van der Waals surface area contributed by atoms with Crippen molar-refractivity contribution < 1.29 is 13.9 Å². The van der Waals surface area contributed by atoms with Gasteiger partial charge in [-0.3, -0.25) is 0 Å². The number of rotatable bonds is 3. The van der Waals surface area contributed by atoms with E-state index in [0.717, 1.165) is 5.56 Å². The lowest BCUT2D eigenvalue weighted by molar-refractivity contribution is 0.0601. The van der Waals surface area contributed by atoms with Crippen LogP contribution in [0, 0.1) is 5.82 Å². The number of H-pyrrole nitrogens is 1. The molecular formula is C17H11BrClFN2O2. The van der Waals surface area contributed by atoms with Gasteiger partial charge < -0.3 is 9.72 Å². The zero-order chi connectivity index (χ0) is 17.3. The number of carbonyl (C=O) groups is 1. The summed E-state index contributed by atoms with van der Waals surface area (Å²) in [6.45, 7) is 0. The van der Waals surface area contributed by atoms with Gasteiger partial charge in [-0.1, -0.05) is 29.8 Å². The number of esters is 1. The Labute approximate surface area is 150 Å². The molecule has 0 spiro atoms. The van der Waals surface area contributed by atoms with Crippen LogP contribution in [0.15, 0.2) is 47.1 Å². The van der Waals surface area contributed by atoms with Crippen LogP contribution >= 0.6 is 27.5 Å². The molecule has 1 aromatic heterocycles. The highest BCUT2D eigenvalue weighted by atomic mass is 79.9. The van der Waals surface area contributed by atoms with Gasteiger partial charge in [-0.15, -0.1) is 0 Å². The molecule has 0 atom stereocenters. The van der Waals surface area contributed by atoms with Crippen molar-refractivity contribution in [3.63, 3.8) is 0 Å². The molecule has 24 heavy (non-hydrogen) atoms. The van der Waals surface area contributed by atoms with Crippen molar-refractivity contribution in [2.75, 3.05) is 7.11 Å². The summed E-state index contributed by atoms with van der Waals surface area (Å²) in [5.41, 5.74) is 1.98. The summed E-state index contributed by atoms with van der Waals surface area (Å²) in [4.78, 5) is 18.9. The topological polar surface area (TPSA) is 55.0 Å². The summed E-state index contributed by atoms with van der Waals surface area (Å²) < 4.78 is 19.3. The molecule has 0 bridgehead atoms. The van der Waals surface area contributed by atoms with Gasteiger partial charge in [-0.2, -0.15) is 0 Å². The number of nitrogens with zero attached hydrogens (tertiary/aromatic N) is 1. The van der Waals surface area contributed by atoms with Crippen LogP contribution in [0.3, 0.4) is 0 Å². The first kappa shape index (κ1) is 16.7. The summed E-state index contributed by atoms with van der Waals surface area (Å²) in [6.07, 6.45) is 0. The summed E-state index contributed by atoms with van der Waals surface area (Å²) in [5, 5.41) is 0.267. The minimum Gasteiger partial charge on any atom is -0.465 e. The normalized spacial score (nSPS) is 10.7. The Morgan fingerprint density at radius 2 is 1.96 bits per heavy atom. The Bertz CT molecular complexity index is 889. The monoisotopic (exact) mass is 408 g/mol. The van der Waals surface area contributed by atoms with Crippen molar-refractivity contribution in [2.24, 2.45) is 0 Å². The predicted octanol–water partition coefficient (Wildman–Crippen LogP) is 5.09. The van der Waals surface area contributed by atoms with Crippen LogP contribution < -0.4 is 0 Å². The van der Waals surface area contributed by atoms with Crippen molar-refractivity contribution in [1.29, 1.82) is 0 Å². The second-order valence-electron chi connectivity index (χ2n) is 4.91. The Hall–Kier alpha value is -2.18. The number of ether oxygens (including phenoxy) is 1. The zero-order valence-corrected chi connectivity index (χ0v) is 14.8. The molecule has 0 radical (unpaired) electrons. The molecular weight excluding hydrogens is 399 g/mol. The number of aromatic amines is 1. The molecule has 1 N–H and O–H groups in total. The highest BCUT2D eigenvalue weighted by molar-refractivity contribution is 9.10. The lowest BCUT2D eigenvalue weighted by atomic mass is 10.1. The van der Waals surface area contributed by atoms with E-state index in [1.807, 2.05) is 0 Å². The van der Waals surface area contributed by atoms with Crippen molar-refractivity contribution in [1.82, 2.24) is 9.97 Å². The summed E-state index contributed by atoms with van der Waals surface area (Å²) in [7, 11) is 1.32. The third kappa shape index (κ3) is 3.07. The van der Waals surface area contributed by atoms with Gasteiger partial charge in [0.25, 0.3) is 0 Å². The highest BCUT2D eigenvalue weighted by Gasteiger charge is 2.17. The molecule has 0 aliphatic carbocycles. The van der Waals surface area contributed by atoms with E-state index in [1.54, 1.807) is 30.3 Å². The zero-order valence-electron chi connectivity index (χ0n) is 12.4. The molecule has 2 aromatic carbocycles. The SMILES string of the molecule is COC(=O)c1ccc(-c2nc(-c3c(F)cccc3Cl)[nH]c2Br)cc1. The Kier molecular flexibility index (Phi) is 4.69. The summed E-state index contributed by atoms with van der Waals surface area (Å²) in [6, 6.07) is 11.2. The van der Waals surface area contributed by atoms with E-state index in [4.69, 9.17) is 11.6 Å². The molecule has 0 saturated heterocycles. The van der Waals surface area contributed by atoms with Gasteiger partial charge in [0, 0.05) is 5.56 Å². The maximum absolute atomic E-state index is 14.0. The Morgan fingerprint density at radius 3 is 2.58 bits per heavy atom. The van der Waals surface area contributed by atoms with Gasteiger partial charge in [-0.05, 0) is 40.2 Å². The van der Waals surface area contributed by atoms with E-state index in [2.05, 4.69) is 30.6 Å². The number of methoxy groups -OCH3 is 1. The third-order valence-corrected chi connectivity index (χ3v) is 4.33. The van der Waals surface area contributed by atoms with E-state index in [-0.39, 0.29) is 10.6 Å². The number of carbonyl (C=O) groups excluding carboxylic acids is 1. The maximum atomic E-state index is 14.0. The number of hydrogen-bond donors (Lipinski definition) is 1. The van der Waals surface area contributed by atoms with Gasteiger partial charge in [-0.25, -0.2) is 14.2 Å². The highest BCUT2D eigenvalue weighted by Crippen LogP contribution is 2.34. The molecule has 7 heteroatoms. The number of hydrogen-bond acceptors (Lipinski definition) is 3. The van der Waals surface area contributed by atoms with Gasteiger partial charge in [0.05, 0.1) is 23.3 Å². The Morgan fingerprint density at radius 1 is 1.25 bits per heavy atom. The first-order valence-corrected chi connectivity index (χ1v) is 8.07. The standard InChI is InChI=1S/C17H11BrClFN2O2/c1-24-17(23)10-7-5-9(6-8-10)14-15(18)22-16(21-14)13-11(19)3-2-4-12(13)20/h2-8H,1H3,(H,21,22). The van der Waals surface area contributed by atoms with Crippen LogP contribution in [-0.4, -0.2) is 23.0 Å². The second-order valence-corrected chi connectivity index (χ2v) is 6.11. The number of halogens is 3. The fourth-order valence-corrected chi connectivity index (χ4v) is 3.03. The predicted molar refractivity (Wildman–Crippen MR) is 93.5 cm³/mol. The molecule has 0 aliphatic heterocycles. The van der Waals surface area contributed by atoms with E-state index in [1.165, 1.54) is 19.2 Å². The lowest BCUT2D eigenvalue weighted by Crippen LogP contribution is -2.00. The molecule has 1 heterocycles. The quantitative estimate of drug-likeness (QED) is 0.613. The van der Waals surface area contributed by atoms with Crippen molar-refractivity contribution in [2.45, 2.75) is 0 Å². The van der Waals surface area contributed by atoms with Crippen molar-refractivity contribution >= 4 is 33.5 Å². The molecule has 0 fully saturated rings. The fourth-order valence-electron chi connectivity index (χ4n) is 2.27. The minimum absolute atomic E-state index is 0.206. The van der Waals surface area contributed by atoms with Gasteiger partial charge in [0.1, 0.15) is 21.9 Å². The van der Waals surface area contributed by atoms with Crippen molar-refractivity contribution in [3.8, 4) is 22.6 Å². The van der Waals surface area contributed by atoms with E-state index in [9.17, 15) is 9.18 Å². The van der Waals surface area contributed by atoms with Crippen LogP contribution in [0.4, 0.5) is 4.39 Å². The average Bonchev–Trinajstić information content (AvgIpc) is 2.95. The van der Waals surface area contributed by atoms with Crippen LogP contribution in [0.1, 0.15) is 10.4 Å². The average molecular weight is 410 g/mol. The van der Waals surface area contributed by atoms with Crippen LogP contribution in [-0.2, 0) is 4.74 Å². The molecule has 0 amide bonds. The van der Waals surface area contributed by atoms with Crippen LogP contribution in [0.5, 0.6) is 0 Å². The molecule has 122 valence electrons. The van der Waals surface area contributed by atoms with Crippen molar-refractivity contribution in [3.05, 3.63) is 63.5 Å². The number of aromatic nitrogens is 2. The Balaban J connectivity index is 2.02. The molecule has 0 saturated carbocycles. The molecule has 0 aliphatic rings. The largest absolute Gasteiger partial charge is 0.465 e. The first-order valence-electron chi connectivity index (χ1n) is 6.90.